The van der Waals surface area contributed by atoms with E-state index in [0.29, 0.717) is 12.1 Å². The molecule has 1 N–H and O–H groups in total. The lowest BCUT2D eigenvalue weighted by Gasteiger charge is -2.08. The highest BCUT2D eigenvalue weighted by molar-refractivity contribution is 9.13. The molecular formula is C22H19Br2F2NO. The fraction of sp³-hybridized carbons (Fsp3) is 0.227. The van der Waals surface area contributed by atoms with E-state index in [4.69, 9.17) is 0 Å². The van der Waals surface area contributed by atoms with Crippen LogP contribution >= 0.6 is 31.9 Å². The molecule has 0 saturated heterocycles. The van der Waals surface area contributed by atoms with E-state index in [0.717, 1.165) is 20.1 Å². The van der Waals surface area contributed by atoms with E-state index in [9.17, 15) is 13.6 Å². The second-order valence-electron chi connectivity index (χ2n) is 6.96. The van der Waals surface area contributed by atoms with Crippen LogP contribution in [0.5, 0.6) is 0 Å². The van der Waals surface area contributed by atoms with Crippen molar-refractivity contribution in [2.75, 3.05) is 5.32 Å². The third kappa shape index (κ3) is 4.61. The number of rotatable bonds is 5. The van der Waals surface area contributed by atoms with Crippen LogP contribution < -0.4 is 5.32 Å². The summed E-state index contributed by atoms with van der Waals surface area (Å²) in [5, 5.41) is 2.54. The van der Waals surface area contributed by atoms with Crippen molar-refractivity contribution in [2.24, 2.45) is 0 Å². The van der Waals surface area contributed by atoms with Crippen LogP contribution in [0.3, 0.4) is 0 Å². The standard InChI is InChI=1S/C22H19Br2F2NO/c1-13-5-3-4-6-19(13)27-21(28)20(25)14(2)9-10-22(26)12-16(22)15-7-8-17(23)18(24)11-15/h3-11,16H,12H2,1-2H3,(H,27,28)/b10-9+,20-14-. The van der Waals surface area contributed by atoms with Crippen molar-refractivity contribution < 1.29 is 13.6 Å². The van der Waals surface area contributed by atoms with Gasteiger partial charge in [-0.05, 0) is 93.1 Å². The van der Waals surface area contributed by atoms with Gasteiger partial charge in [-0.3, -0.25) is 4.79 Å². The Morgan fingerprint density at radius 2 is 1.93 bits per heavy atom. The van der Waals surface area contributed by atoms with Crippen molar-refractivity contribution in [1.82, 2.24) is 0 Å². The number of para-hydroxylation sites is 1. The highest BCUT2D eigenvalue weighted by Gasteiger charge is 2.54. The number of nitrogens with one attached hydrogen (secondary N) is 1. The highest BCUT2D eigenvalue weighted by atomic mass is 79.9. The number of benzene rings is 2. The van der Waals surface area contributed by atoms with Crippen molar-refractivity contribution in [1.29, 1.82) is 0 Å². The van der Waals surface area contributed by atoms with Crippen LogP contribution in [0, 0.1) is 6.92 Å². The zero-order valence-electron chi connectivity index (χ0n) is 15.4. The average molecular weight is 511 g/mol. The third-order valence-electron chi connectivity index (χ3n) is 4.83. The Kier molecular flexibility index (Phi) is 6.20. The summed E-state index contributed by atoms with van der Waals surface area (Å²) in [6.07, 6.45) is 3.03. The maximum absolute atomic E-state index is 14.9. The van der Waals surface area contributed by atoms with Gasteiger partial charge < -0.3 is 5.32 Å². The Balaban J connectivity index is 1.69. The molecule has 2 atom stereocenters. The lowest BCUT2D eigenvalue weighted by molar-refractivity contribution is -0.114. The first-order valence-corrected chi connectivity index (χ1v) is 10.4. The molecule has 1 saturated carbocycles. The molecular weight excluding hydrogens is 492 g/mol. The van der Waals surface area contributed by atoms with Gasteiger partial charge in [0, 0.05) is 20.6 Å². The minimum atomic E-state index is -1.53. The average Bonchev–Trinajstić information content (AvgIpc) is 3.35. The Labute approximate surface area is 180 Å². The number of hydrogen-bond donors (Lipinski definition) is 1. The Morgan fingerprint density at radius 1 is 1.21 bits per heavy atom. The van der Waals surface area contributed by atoms with E-state index in [1.165, 1.54) is 19.1 Å². The summed E-state index contributed by atoms with van der Waals surface area (Å²) in [5.41, 5.74) is 0.819. The zero-order chi connectivity index (χ0) is 20.5. The summed E-state index contributed by atoms with van der Waals surface area (Å²) in [6.45, 7) is 3.28. The lowest BCUT2D eigenvalue weighted by atomic mass is 10.1. The fourth-order valence-electron chi connectivity index (χ4n) is 2.97. The van der Waals surface area contributed by atoms with Crippen molar-refractivity contribution in [3.63, 3.8) is 0 Å². The number of allylic oxidation sites excluding steroid dienone is 3. The Morgan fingerprint density at radius 3 is 2.61 bits per heavy atom. The summed E-state index contributed by atoms with van der Waals surface area (Å²) in [7, 11) is 0. The van der Waals surface area contributed by atoms with Crippen LogP contribution in [0.15, 0.2) is 75.0 Å². The molecule has 3 rings (SSSR count). The van der Waals surface area contributed by atoms with Gasteiger partial charge >= 0.3 is 0 Å². The quantitative estimate of drug-likeness (QED) is 0.335. The van der Waals surface area contributed by atoms with Crippen molar-refractivity contribution in [3.05, 3.63) is 86.1 Å². The van der Waals surface area contributed by atoms with E-state index in [-0.39, 0.29) is 11.5 Å². The third-order valence-corrected chi connectivity index (χ3v) is 6.71. The molecule has 2 nitrogen and oxygen atoms in total. The molecule has 1 aliphatic carbocycles. The fourth-order valence-corrected chi connectivity index (χ4v) is 3.61. The van der Waals surface area contributed by atoms with Gasteiger partial charge in [0.2, 0.25) is 0 Å². The molecule has 28 heavy (non-hydrogen) atoms. The van der Waals surface area contributed by atoms with Crippen LogP contribution in [0.4, 0.5) is 14.5 Å². The molecule has 0 aromatic heterocycles. The molecule has 146 valence electrons. The summed E-state index contributed by atoms with van der Waals surface area (Å²) in [6, 6.07) is 12.7. The molecule has 6 heteroatoms. The van der Waals surface area contributed by atoms with Gasteiger partial charge in [0.25, 0.3) is 5.91 Å². The number of carbonyl (C=O) groups is 1. The zero-order valence-corrected chi connectivity index (χ0v) is 18.6. The molecule has 0 spiro atoms. The molecule has 2 unspecified atom stereocenters. The van der Waals surface area contributed by atoms with E-state index in [1.54, 1.807) is 12.1 Å². The first-order chi connectivity index (χ1) is 13.2. The van der Waals surface area contributed by atoms with Crippen LogP contribution in [0.1, 0.15) is 30.4 Å². The van der Waals surface area contributed by atoms with E-state index < -0.39 is 17.4 Å². The minimum Gasteiger partial charge on any atom is -0.320 e. The first-order valence-electron chi connectivity index (χ1n) is 8.78. The molecule has 0 heterocycles. The van der Waals surface area contributed by atoms with Crippen molar-refractivity contribution >= 4 is 43.5 Å². The number of carbonyl (C=O) groups excluding carboxylic acids is 1. The highest BCUT2D eigenvalue weighted by Crippen LogP contribution is 2.56. The SMILES string of the molecule is CC(/C=C/C1(F)CC1c1ccc(Br)c(Br)c1)=C(/F)C(=O)Nc1ccccc1C. The number of alkyl halides is 1. The summed E-state index contributed by atoms with van der Waals surface area (Å²) in [4.78, 5) is 12.1. The molecule has 0 aliphatic heterocycles. The summed E-state index contributed by atoms with van der Waals surface area (Å²) >= 11 is 6.81. The van der Waals surface area contributed by atoms with Gasteiger partial charge in [0.15, 0.2) is 5.83 Å². The van der Waals surface area contributed by atoms with Crippen LogP contribution in [-0.4, -0.2) is 11.6 Å². The van der Waals surface area contributed by atoms with Gasteiger partial charge in [-0.25, -0.2) is 8.78 Å². The van der Waals surface area contributed by atoms with E-state index >= 15 is 0 Å². The second-order valence-corrected chi connectivity index (χ2v) is 8.67. The van der Waals surface area contributed by atoms with Crippen LogP contribution in [0.25, 0.3) is 0 Å². The van der Waals surface area contributed by atoms with Gasteiger partial charge in [0.1, 0.15) is 5.67 Å². The number of halogens is 4. The summed E-state index contributed by atoms with van der Waals surface area (Å²) in [5.74, 6) is -2.04. The number of aryl methyl sites for hydroxylation is 1. The monoisotopic (exact) mass is 509 g/mol. The number of amides is 1. The number of anilines is 1. The maximum Gasteiger partial charge on any atom is 0.284 e. The smallest absolute Gasteiger partial charge is 0.284 e. The predicted molar refractivity (Wildman–Crippen MR) is 116 cm³/mol. The predicted octanol–water partition coefficient (Wildman–Crippen LogP) is 7.15. The molecule has 1 aliphatic rings. The molecule has 0 bridgehead atoms. The van der Waals surface area contributed by atoms with Crippen molar-refractivity contribution in [2.45, 2.75) is 31.9 Å². The molecule has 1 amide bonds. The Hall–Kier alpha value is -1.79. The van der Waals surface area contributed by atoms with Gasteiger partial charge in [0.05, 0.1) is 0 Å². The van der Waals surface area contributed by atoms with Crippen molar-refractivity contribution in [3.8, 4) is 0 Å². The number of hydrogen-bond acceptors (Lipinski definition) is 1. The minimum absolute atomic E-state index is 0.0887. The largest absolute Gasteiger partial charge is 0.320 e. The van der Waals surface area contributed by atoms with Crippen LogP contribution in [-0.2, 0) is 4.79 Å². The normalized spacial score (nSPS) is 22.1. The van der Waals surface area contributed by atoms with E-state index in [2.05, 4.69) is 37.2 Å². The van der Waals surface area contributed by atoms with Gasteiger partial charge in [-0.15, -0.1) is 0 Å². The molecule has 2 aromatic rings. The molecule has 0 radical (unpaired) electrons. The maximum atomic E-state index is 14.9. The first kappa shape index (κ1) is 20.9. The molecule has 2 aromatic carbocycles. The topological polar surface area (TPSA) is 29.1 Å². The second kappa shape index (κ2) is 8.29. The lowest BCUT2D eigenvalue weighted by Crippen LogP contribution is -2.13. The summed E-state index contributed by atoms with van der Waals surface area (Å²) < 4.78 is 31.1. The molecule has 1 fully saturated rings. The van der Waals surface area contributed by atoms with Gasteiger partial charge in [-0.2, -0.15) is 0 Å². The van der Waals surface area contributed by atoms with Gasteiger partial charge in [-0.1, -0.05) is 30.3 Å². The van der Waals surface area contributed by atoms with E-state index in [1.807, 2.05) is 37.3 Å². The Bertz CT molecular complexity index is 986. The van der Waals surface area contributed by atoms with Crippen LogP contribution in [0.2, 0.25) is 0 Å².